The van der Waals surface area contributed by atoms with E-state index in [4.69, 9.17) is 38.4 Å². The van der Waals surface area contributed by atoms with Crippen LogP contribution in [0.25, 0.3) is 0 Å². The van der Waals surface area contributed by atoms with E-state index in [2.05, 4.69) is 0 Å². The number of hydrogen-bond donors (Lipinski definition) is 1. The van der Waals surface area contributed by atoms with E-state index in [0.29, 0.717) is 48.3 Å². The monoisotopic (exact) mass is 400 g/mol. The van der Waals surface area contributed by atoms with Crippen LogP contribution in [-0.4, -0.2) is 48.6 Å². The zero-order valence-electron chi connectivity index (χ0n) is 14.5. The largest absolute Gasteiger partial charge is 0.492 e. The Bertz CT molecular complexity index is 700. The molecule has 1 aliphatic carbocycles. The molecule has 0 aromatic heterocycles. The van der Waals surface area contributed by atoms with Gasteiger partial charge in [-0.3, -0.25) is 9.59 Å². The van der Waals surface area contributed by atoms with Gasteiger partial charge in [0.05, 0.1) is 17.2 Å². The number of amides is 1. The standard InChI is InChI=1S/C18H22Cl2N2O4/c1-11(23)26-10-18(21)5-13(6-18)17(24)22-7-12(8-22)9-25-16-3-2-14(19)4-15(16)20/h2-4,12-13H,5-10,21H2,1H3/t13-,18+. The molecule has 2 aliphatic rings. The van der Waals surface area contributed by atoms with Crippen molar-refractivity contribution in [2.45, 2.75) is 25.3 Å². The summed E-state index contributed by atoms with van der Waals surface area (Å²) in [5.41, 5.74) is 5.55. The highest BCUT2D eigenvalue weighted by Crippen LogP contribution is 2.38. The molecule has 26 heavy (non-hydrogen) atoms. The normalized spacial score (nSPS) is 25.2. The summed E-state index contributed by atoms with van der Waals surface area (Å²) in [5, 5.41) is 1.04. The van der Waals surface area contributed by atoms with Crippen LogP contribution in [0.3, 0.4) is 0 Å². The highest BCUT2D eigenvalue weighted by Gasteiger charge is 2.48. The first-order valence-corrected chi connectivity index (χ1v) is 9.30. The molecule has 0 radical (unpaired) electrons. The van der Waals surface area contributed by atoms with E-state index in [1.54, 1.807) is 18.2 Å². The number of ether oxygens (including phenoxy) is 2. The molecule has 0 unspecified atom stereocenters. The molecule has 8 heteroatoms. The Labute approximate surface area is 162 Å². The maximum atomic E-state index is 12.4. The Kier molecular flexibility index (Phi) is 5.65. The Balaban J connectivity index is 1.37. The van der Waals surface area contributed by atoms with Crippen LogP contribution < -0.4 is 10.5 Å². The van der Waals surface area contributed by atoms with Crippen LogP contribution in [0.1, 0.15) is 19.8 Å². The number of hydrogen-bond acceptors (Lipinski definition) is 5. The maximum absolute atomic E-state index is 12.4. The number of benzene rings is 1. The second kappa shape index (κ2) is 7.62. The lowest BCUT2D eigenvalue weighted by atomic mass is 9.68. The van der Waals surface area contributed by atoms with Crippen LogP contribution in [0.4, 0.5) is 0 Å². The van der Waals surface area contributed by atoms with Gasteiger partial charge in [0.1, 0.15) is 12.4 Å². The van der Waals surface area contributed by atoms with E-state index in [0.717, 1.165) is 0 Å². The lowest BCUT2D eigenvalue weighted by Crippen LogP contribution is -2.62. The summed E-state index contributed by atoms with van der Waals surface area (Å²) in [5.74, 6) is 0.571. The zero-order valence-corrected chi connectivity index (χ0v) is 16.1. The average Bonchev–Trinajstić information content (AvgIpc) is 2.50. The van der Waals surface area contributed by atoms with E-state index in [9.17, 15) is 9.59 Å². The molecule has 0 bridgehead atoms. The molecule has 142 valence electrons. The molecule has 1 aliphatic heterocycles. The van der Waals surface area contributed by atoms with Crippen molar-refractivity contribution in [3.8, 4) is 5.75 Å². The molecule has 1 amide bonds. The fourth-order valence-electron chi connectivity index (χ4n) is 3.37. The topological polar surface area (TPSA) is 81.9 Å². The summed E-state index contributed by atoms with van der Waals surface area (Å²) in [4.78, 5) is 25.1. The molecule has 1 aromatic carbocycles. The second-order valence-corrected chi connectivity index (χ2v) is 8.09. The van der Waals surface area contributed by atoms with Crippen molar-refractivity contribution in [1.29, 1.82) is 0 Å². The van der Waals surface area contributed by atoms with E-state index in [1.807, 2.05) is 4.90 Å². The van der Waals surface area contributed by atoms with Gasteiger partial charge in [-0.15, -0.1) is 0 Å². The minimum Gasteiger partial charge on any atom is -0.492 e. The highest BCUT2D eigenvalue weighted by atomic mass is 35.5. The van der Waals surface area contributed by atoms with E-state index < -0.39 is 5.54 Å². The quantitative estimate of drug-likeness (QED) is 0.741. The van der Waals surface area contributed by atoms with Gasteiger partial charge in [-0.2, -0.15) is 0 Å². The second-order valence-electron chi connectivity index (χ2n) is 7.24. The molecular formula is C18H22Cl2N2O4. The Hall–Kier alpha value is -1.50. The number of nitrogens with zero attached hydrogens (tertiary/aromatic N) is 1. The smallest absolute Gasteiger partial charge is 0.302 e. The summed E-state index contributed by atoms with van der Waals surface area (Å²) in [6.07, 6.45) is 1.11. The van der Waals surface area contributed by atoms with Crippen molar-refractivity contribution < 1.29 is 19.1 Å². The van der Waals surface area contributed by atoms with Crippen molar-refractivity contribution in [3.63, 3.8) is 0 Å². The van der Waals surface area contributed by atoms with Crippen LogP contribution in [-0.2, 0) is 14.3 Å². The predicted molar refractivity (Wildman–Crippen MR) is 98.3 cm³/mol. The zero-order chi connectivity index (χ0) is 18.9. The lowest BCUT2D eigenvalue weighted by molar-refractivity contribution is -0.152. The highest BCUT2D eigenvalue weighted by molar-refractivity contribution is 6.35. The number of likely N-dealkylation sites (tertiary alicyclic amines) is 1. The van der Waals surface area contributed by atoms with Crippen LogP contribution in [0.15, 0.2) is 18.2 Å². The van der Waals surface area contributed by atoms with Gasteiger partial charge in [-0.1, -0.05) is 23.2 Å². The number of carbonyl (C=O) groups excluding carboxylic acids is 2. The number of rotatable bonds is 6. The summed E-state index contributed by atoms with van der Waals surface area (Å²) < 4.78 is 10.7. The Morgan fingerprint density at radius 1 is 1.31 bits per heavy atom. The molecule has 1 saturated carbocycles. The van der Waals surface area contributed by atoms with Crippen molar-refractivity contribution >= 4 is 35.1 Å². The number of esters is 1. The molecule has 0 atom stereocenters. The summed E-state index contributed by atoms with van der Waals surface area (Å²) in [7, 11) is 0. The first-order valence-electron chi connectivity index (χ1n) is 8.55. The first-order chi connectivity index (χ1) is 12.3. The fraction of sp³-hybridized carbons (Fsp3) is 0.556. The summed E-state index contributed by atoms with van der Waals surface area (Å²) >= 11 is 11.9. The van der Waals surface area contributed by atoms with Gasteiger partial charge < -0.3 is 20.1 Å². The molecule has 2 N–H and O–H groups in total. The minimum absolute atomic E-state index is 0.0804. The molecular weight excluding hydrogens is 379 g/mol. The number of nitrogens with two attached hydrogens (primary N) is 1. The van der Waals surface area contributed by atoms with Gasteiger partial charge in [0.25, 0.3) is 0 Å². The summed E-state index contributed by atoms with van der Waals surface area (Å²) in [6, 6.07) is 5.11. The van der Waals surface area contributed by atoms with Crippen molar-refractivity contribution in [1.82, 2.24) is 4.90 Å². The SMILES string of the molecule is CC(=O)OC[C@]1(N)C[C@@H](C(=O)N2CC(COc3ccc(Cl)cc3Cl)C2)C1. The van der Waals surface area contributed by atoms with Crippen LogP contribution in [0, 0.1) is 11.8 Å². The number of carbonyl (C=O) groups is 2. The van der Waals surface area contributed by atoms with Crippen LogP contribution >= 0.6 is 23.2 Å². The number of halogens is 2. The maximum Gasteiger partial charge on any atom is 0.302 e. The average molecular weight is 401 g/mol. The van der Waals surface area contributed by atoms with Gasteiger partial charge in [0.15, 0.2) is 0 Å². The molecule has 0 spiro atoms. The van der Waals surface area contributed by atoms with Gasteiger partial charge in [0, 0.05) is 36.9 Å². The van der Waals surface area contributed by atoms with E-state index in [-0.39, 0.29) is 30.3 Å². The van der Waals surface area contributed by atoms with Crippen LogP contribution in [0.2, 0.25) is 10.0 Å². The molecule has 1 heterocycles. The molecule has 1 aromatic rings. The minimum atomic E-state index is -0.565. The van der Waals surface area contributed by atoms with Crippen molar-refractivity contribution in [3.05, 3.63) is 28.2 Å². The molecule has 1 saturated heterocycles. The van der Waals surface area contributed by atoms with Crippen molar-refractivity contribution in [2.24, 2.45) is 17.6 Å². The van der Waals surface area contributed by atoms with E-state index in [1.165, 1.54) is 6.92 Å². The third kappa shape index (κ3) is 4.42. The molecule has 3 rings (SSSR count). The van der Waals surface area contributed by atoms with Gasteiger partial charge >= 0.3 is 5.97 Å². The third-order valence-corrected chi connectivity index (χ3v) is 5.39. The molecule has 2 fully saturated rings. The van der Waals surface area contributed by atoms with Crippen molar-refractivity contribution in [2.75, 3.05) is 26.3 Å². The predicted octanol–water partition coefficient (Wildman–Crippen LogP) is 2.50. The Morgan fingerprint density at radius 3 is 2.62 bits per heavy atom. The fourth-order valence-corrected chi connectivity index (χ4v) is 3.84. The lowest BCUT2D eigenvalue weighted by Gasteiger charge is -2.48. The van der Waals surface area contributed by atoms with Gasteiger partial charge in [-0.25, -0.2) is 0 Å². The van der Waals surface area contributed by atoms with Gasteiger partial charge in [0.2, 0.25) is 5.91 Å². The molecule has 6 nitrogen and oxygen atoms in total. The third-order valence-electron chi connectivity index (χ3n) is 4.86. The Morgan fingerprint density at radius 2 is 2.00 bits per heavy atom. The first kappa shape index (κ1) is 19.3. The summed E-state index contributed by atoms with van der Waals surface area (Å²) in [6.45, 7) is 3.36. The van der Waals surface area contributed by atoms with Crippen LogP contribution in [0.5, 0.6) is 5.75 Å². The van der Waals surface area contributed by atoms with Gasteiger partial charge in [-0.05, 0) is 31.0 Å². The van der Waals surface area contributed by atoms with E-state index >= 15 is 0 Å².